The quantitative estimate of drug-likeness (QED) is 0.539. The van der Waals surface area contributed by atoms with Crippen molar-refractivity contribution < 1.29 is 24.4 Å². The van der Waals surface area contributed by atoms with Gasteiger partial charge in [0.05, 0.1) is 25.9 Å². The summed E-state index contributed by atoms with van der Waals surface area (Å²) in [5.74, 6) is 0. The molecule has 32 heavy (non-hydrogen) atoms. The fourth-order valence-corrected chi connectivity index (χ4v) is 4.01. The van der Waals surface area contributed by atoms with Gasteiger partial charge in [0.25, 0.3) is 0 Å². The number of hydrogen-bond donors (Lipinski definition) is 2. The molecule has 0 saturated carbocycles. The highest BCUT2D eigenvalue weighted by molar-refractivity contribution is 5.17. The molecule has 5 atom stereocenters. The van der Waals surface area contributed by atoms with Gasteiger partial charge in [-0.3, -0.25) is 0 Å². The Morgan fingerprint density at radius 3 is 1.75 bits per heavy atom. The van der Waals surface area contributed by atoms with E-state index in [1.165, 1.54) is 0 Å². The van der Waals surface area contributed by atoms with Crippen LogP contribution in [0.3, 0.4) is 0 Å². The maximum absolute atomic E-state index is 10.9. The minimum Gasteiger partial charge on any atom is -0.388 e. The van der Waals surface area contributed by atoms with Gasteiger partial charge in [-0.1, -0.05) is 91.0 Å². The van der Waals surface area contributed by atoms with Gasteiger partial charge in [-0.2, -0.15) is 0 Å². The van der Waals surface area contributed by atoms with E-state index in [4.69, 9.17) is 14.2 Å². The Balaban J connectivity index is 1.44. The molecule has 1 aliphatic heterocycles. The topological polar surface area (TPSA) is 68.2 Å². The summed E-state index contributed by atoms with van der Waals surface area (Å²) in [6, 6.07) is 29.5. The van der Waals surface area contributed by atoms with Crippen molar-refractivity contribution in [2.75, 3.05) is 6.61 Å². The first-order valence-electron chi connectivity index (χ1n) is 11.0. The zero-order chi connectivity index (χ0) is 22.2. The lowest BCUT2D eigenvalue weighted by atomic mass is 9.91. The van der Waals surface area contributed by atoms with E-state index in [9.17, 15) is 10.2 Å². The normalized spacial score (nSPS) is 25.5. The lowest BCUT2D eigenvalue weighted by Gasteiger charge is -2.42. The van der Waals surface area contributed by atoms with Gasteiger partial charge in [0.1, 0.15) is 24.4 Å². The zero-order valence-electron chi connectivity index (χ0n) is 18.0. The molecule has 0 aliphatic carbocycles. The van der Waals surface area contributed by atoms with Crippen molar-refractivity contribution in [1.82, 2.24) is 0 Å². The molecule has 0 aromatic heterocycles. The van der Waals surface area contributed by atoms with Gasteiger partial charge < -0.3 is 24.4 Å². The lowest BCUT2D eigenvalue weighted by Crippen LogP contribution is -2.60. The molecule has 0 unspecified atom stereocenters. The van der Waals surface area contributed by atoms with Gasteiger partial charge in [-0.25, -0.2) is 0 Å². The van der Waals surface area contributed by atoms with E-state index in [1.807, 2.05) is 91.0 Å². The summed E-state index contributed by atoms with van der Waals surface area (Å²) in [6.07, 6.45) is -3.38. The van der Waals surface area contributed by atoms with Crippen LogP contribution in [0.2, 0.25) is 0 Å². The largest absolute Gasteiger partial charge is 0.388 e. The first-order valence-corrected chi connectivity index (χ1v) is 11.0. The first-order chi connectivity index (χ1) is 15.7. The maximum Gasteiger partial charge on any atom is 0.115 e. The highest BCUT2D eigenvalue weighted by Crippen LogP contribution is 2.27. The number of hydrogen-bond acceptors (Lipinski definition) is 5. The number of aliphatic hydroxyl groups is 2. The van der Waals surface area contributed by atoms with Crippen LogP contribution in [0.25, 0.3) is 0 Å². The SMILES string of the molecule is O[C@@H]1[C@@H](O)[C@H](Cc2ccccc2)O[C@H](COCc2ccccc2)[C@H]1OCc1ccccc1. The van der Waals surface area contributed by atoms with E-state index >= 15 is 0 Å². The predicted molar refractivity (Wildman–Crippen MR) is 122 cm³/mol. The molecule has 0 amide bonds. The van der Waals surface area contributed by atoms with Crippen LogP contribution in [0.15, 0.2) is 91.0 Å². The van der Waals surface area contributed by atoms with Crippen molar-refractivity contribution in [2.45, 2.75) is 50.2 Å². The van der Waals surface area contributed by atoms with E-state index < -0.39 is 30.5 Å². The smallest absolute Gasteiger partial charge is 0.115 e. The minimum atomic E-state index is -1.08. The van der Waals surface area contributed by atoms with Gasteiger partial charge >= 0.3 is 0 Å². The van der Waals surface area contributed by atoms with Gasteiger partial charge in [0, 0.05) is 6.42 Å². The molecule has 168 valence electrons. The Morgan fingerprint density at radius 2 is 1.16 bits per heavy atom. The van der Waals surface area contributed by atoms with Crippen molar-refractivity contribution in [3.05, 3.63) is 108 Å². The van der Waals surface area contributed by atoms with E-state index in [1.54, 1.807) is 0 Å². The summed E-state index contributed by atoms with van der Waals surface area (Å²) >= 11 is 0. The summed E-state index contributed by atoms with van der Waals surface area (Å²) in [5, 5.41) is 21.7. The Hall–Kier alpha value is -2.54. The standard InChI is InChI=1S/C27H30O5/c28-25-23(16-20-10-4-1-5-11-20)32-24(19-30-17-21-12-6-2-7-13-21)27(26(25)29)31-18-22-14-8-3-9-15-22/h1-15,23-29H,16-19H2/t23-,24+,25-,26+,27+/m0/s1. The molecule has 3 aromatic carbocycles. The van der Waals surface area contributed by atoms with Gasteiger partial charge in [0.2, 0.25) is 0 Å². The van der Waals surface area contributed by atoms with E-state index in [2.05, 4.69) is 0 Å². The van der Waals surface area contributed by atoms with E-state index in [0.29, 0.717) is 19.6 Å². The summed E-state index contributed by atoms with van der Waals surface area (Å²) in [5.41, 5.74) is 3.09. The van der Waals surface area contributed by atoms with Crippen LogP contribution in [0.4, 0.5) is 0 Å². The molecule has 1 fully saturated rings. The number of rotatable bonds is 9. The third kappa shape index (κ3) is 6.03. The molecular weight excluding hydrogens is 404 g/mol. The van der Waals surface area contributed by atoms with Crippen LogP contribution in [0.5, 0.6) is 0 Å². The number of aliphatic hydroxyl groups excluding tert-OH is 2. The Labute approximate surface area is 189 Å². The van der Waals surface area contributed by atoms with Crippen LogP contribution < -0.4 is 0 Å². The van der Waals surface area contributed by atoms with Crippen LogP contribution >= 0.6 is 0 Å². The molecular formula is C27H30O5. The molecule has 4 rings (SSSR count). The average molecular weight is 435 g/mol. The molecule has 3 aromatic rings. The fraction of sp³-hybridized carbons (Fsp3) is 0.333. The Morgan fingerprint density at radius 1 is 0.625 bits per heavy atom. The third-order valence-corrected chi connectivity index (χ3v) is 5.74. The molecule has 1 heterocycles. The molecule has 1 saturated heterocycles. The van der Waals surface area contributed by atoms with E-state index in [-0.39, 0.29) is 6.61 Å². The van der Waals surface area contributed by atoms with E-state index in [0.717, 1.165) is 16.7 Å². The molecule has 5 heteroatoms. The maximum atomic E-state index is 10.9. The van der Waals surface area contributed by atoms with Crippen molar-refractivity contribution in [3.63, 3.8) is 0 Å². The highest BCUT2D eigenvalue weighted by atomic mass is 16.6. The molecule has 2 N–H and O–H groups in total. The van der Waals surface area contributed by atoms with Crippen molar-refractivity contribution in [1.29, 1.82) is 0 Å². The monoisotopic (exact) mass is 434 g/mol. The zero-order valence-corrected chi connectivity index (χ0v) is 18.0. The fourth-order valence-electron chi connectivity index (χ4n) is 4.01. The molecule has 0 bridgehead atoms. The molecule has 0 radical (unpaired) electrons. The van der Waals surface area contributed by atoms with Gasteiger partial charge in [-0.05, 0) is 16.7 Å². The first kappa shape index (κ1) is 22.6. The van der Waals surface area contributed by atoms with Crippen molar-refractivity contribution in [3.8, 4) is 0 Å². The minimum absolute atomic E-state index is 0.253. The molecule has 0 spiro atoms. The van der Waals surface area contributed by atoms with Crippen LogP contribution in [0.1, 0.15) is 16.7 Å². The second-order valence-corrected chi connectivity index (χ2v) is 8.15. The molecule has 1 aliphatic rings. The van der Waals surface area contributed by atoms with Crippen molar-refractivity contribution >= 4 is 0 Å². The summed E-state index contributed by atoms with van der Waals surface area (Å²) in [4.78, 5) is 0. The second kappa shape index (κ2) is 11.4. The second-order valence-electron chi connectivity index (χ2n) is 8.15. The third-order valence-electron chi connectivity index (χ3n) is 5.74. The predicted octanol–water partition coefficient (Wildman–Crippen LogP) is 3.52. The summed E-state index contributed by atoms with van der Waals surface area (Å²) in [7, 11) is 0. The van der Waals surface area contributed by atoms with Gasteiger partial charge in [-0.15, -0.1) is 0 Å². The molecule has 5 nitrogen and oxygen atoms in total. The van der Waals surface area contributed by atoms with Crippen LogP contribution in [0, 0.1) is 0 Å². The van der Waals surface area contributed by atoms with Crippen LogP contribution in [-0.2, 0) is 33.8 Å². The lowest BCUT2D eigenvalue weighted by molar-refractivity contribution is -0.247. The summed E-state index contributed by atoms with van der Waals surface area (Å²) < 4.78 is 18.2. The summed E-state index contributed by atoms with van der Waals surface area (Å²) in [6.45, 7) is 1.01. The number of benzene rings is 3. The Kier molecular flexibility index (Phi) is 8.04. The average Bonchev–Trinajstić information content (AvgIpc) is 2.84. The Bertz CT molecular complexity index is 919. The van der Waals surface area contributed by atoms with Crippen LogP contribution in [-0.4, -0.2) is 47.3 Å². The van der Waals surface area contributed by atoms with Crippen molar-refractivity contribution in [2.24, 2.45) is 0 Å². The highest BCUT2D eigenvalue weighted by Gasteiger charge is 2.45. The number of ether oxygens (including phenoxy) is 3. The van der Waals surface area contributed by atoms with Gasteiger partial charge in [0.15, 0.2) is 0 Å².